The molecule has 2 aromatic carbocycles. The van der Waals surface area contributed by atoms with Crippen molar-refractivity contribution < 1.29 is 22.6 Å². The van der Waals surface area contributed by atoms with Gasteiger partial charge in [-0.25, -0.2) is 13.8 Å². The van der Waals surface area contributed by atoms with Crippen LogP contribution in [0.5, 0.6) is 0 Å². The molecule has 3 rings (SSSR count). The molecule has 0 bridgehead atoms. The summed E-state index contributed by atoms with van der Waals surface area (Å²) in [7, 11) is -3.70. The average molecular weight is 471 g/mol. The van der Waals surface area contributed by atoms with Crippen molar-refractivity contribution in [3.63, 3.8) is 0 Å². The van der Waals surface area contributed by atoms with E-state index in [0.717, 1.165) is 21.7 Å². The first-order chi connectivity index (χ1) is 15.5. The van der Waals surface area contributed by atoms with Gasteiger partial charge in [-0.1, -0.05) is 6.07 Å². The predicted molar refractivity (Wildman–Crippen MR) is 125 cm³/mol. The van der Waals surface area contributed by atoms with Gasteiger partial charge in [0.2, 0.25) is 10.0 Å². The third-order valence-electron chi connectivity index (χ3n) is 4.55. The van der Waals surface area contributed by atoms with E-state index in [2.05, 4.69) is 10.5 Å². The number of furan rings is 1. The summed E-state index contributed by atoms with van der Waals surface area (Å²) in [4.78, 5) is 22.6. The number of hydrazone groups is 1. The molecule has 33 heavy (non-hydrogen) atoms. The van der Waals surface area contributed by atoms with Crippen LogP contribution in [-0.2, 0) is 14.8 Å². The van der Waals surface area contributed by atoms with Gasteiger partial charge in [0.25, 0.3) is 11.6 Å². The highest BCUT2D eigenvalue weighted by Crippen LogP contribution is 2.24. The molecule has 172 valence electrons. The summed E-state index contributed by atoms with van der Waals surface area (Å²) in [6, 6.07) is 14.4. The Balaban J connectivity index is 1.66. The lowest BCUT2D eigenvalue weighted by Gasteiger charge is -2.22. The lowest BCUT2D eigenvalue weighted by Crippen LogP contribution is -2.39. The van der Waals surface area contributed by atoms with E-state index in [4.69, 9.17) is 4.42 Å². The number of amides is 1. The second-order valence-electron chi connectivity index (χ2n) is 7.41. The maximum atomic E-state index is 12.3. The monoisotopic (exact) mass is 470 g/mol. The molecule has 1 heterocycles. The summed E-state index contributed by atoms with van der Waals surface area (Å²) in [5.41, 5.74) is 5.05. The van der Waals surface area contributed by atoms with Gasteiger partial charge in [-0.05, 0) is 61.4 Å². The van der Waals surface area contributed by atoms with Gasteiger partial charge in [-0.2, -0.15) is 5.10 Å². The first-order valence-electron chi connectivity index (χ1n) is 9.75. The Morgan fingerprint density at radius 2 is 1.76 bits per heavy atom. The van der Waals surface area contributed by atoms with Gasteiger partial charge in [0, 0.05) is 17.7 Å². The molecule has 1 aromatic heterocycles. The molecule has 0 saturated carbocycles. The lowest BCUT2D eigenvalue weighted by molar-refractivity contribution is -0.384. The Morgan fingerprint density at radius 3 is 2.33 bits per heavy atom. The first-order valence-corrected chi connectivity index (χ1v) is 11.6. The van der Waals surface area contributed by atoms with Crippen LogP contribution in [0.3, 0.4) is 0 Å². The zero-order valence-corrected chi connectivity index (χ0v) is 19.0. The molecule has 10 nitrogen and oxygen atoms in total. The number of sulfonamides is 1. The standard InChI is InChI=1S/C22H22N4O6S/c1-15-10-16(2)12-19(11-15)25(33(3,30)31)14-22(27)24-23-13-20-8-9-21(32-20)17-4-6-18(7-5-17)26(28)29/h4-13H,14H2,1-3H3,(H,24,27)/b23-13-. The highest BCUT2D eigenvalue weighted by molar-refractivity contribution is 7.92. The Morgan fingerprint density at radius 1 is 1.12 bits per heavy atom. The Bertz CT molecular complexity index is 1290. The number of aryl methyl sites for hydroxylation is 2. The Labute approximate surface area is 190 Å². The quantitative estimate of drug-likeness (QED) is 0.305. The van der Waals surface area contributed by atoms with Gasteiger partial charge < -0.3 is 4.42 Å². The van der Waals surface area contributed by atoms with Crippen molar-refractivity contribution in [3.05, 3.63) is 81.6 Å². The summed E-state index contributed by atoms with van der Waals surface area (Å²) in [5.74, 6) is 0.173. The van der Waals surface area contributed by atoms with Gasteiger partial charge in [0.1, 0.15) is 18.1 Å². The van der Waals surface area contributed by atoms with E-state index < -0.39 is 27.4 Å². The summed E-state index contributed by atoms with van der Waals surface area (Å²) in [6.45, 7) is 3.25. The number of nitro groups is 1. The third-order valence-corrected chi connectivity index (χ3v) is 5.69. The topological polar surface area (TPSA) is 135 Å². The molecule has 0 aliphatic carbocycles. The number of non-ortho nitro benzene ring substituents is 1. The molecular formula is C22H22N4O6S. The van der Waals surface area contributed by atoms with E-state index in [9.17, 15) is 23.3 Å². The van der Waals surface area contributed by atoms with Crippen LogP contribution in [0.15, 0.2) is 64.1 Å². The number of rotatable bonds is 8. The number of nitrogens with zero attached hydrogens (tertiary/aromatic N) is 3. The van der Waals surface area contributed by atoms with Crippen LogP contribution < -0.4 is 9.73 Å². The zero-order valence-electron chi connectivity index (χ0n) is 18.2. The molecule has 1 amide bonds. The summed E-state index contributed by atoms with van der Waals surface area (Å²) in [6.07, 6.45) is 2.30. The van der Waals surface area contributed by atoms with Crippen LogP contribution in [0.1, 0.15) is 16.9 Å². The number of nitro benzene ring substituents is 1. The molecule has 0 spiro atoms. The number of carbonyl (C=O) groups excluding carboxylic acids is 1. The van der Waals surface area contributed by atoms with Crippen LogP contribution >= 0.6 is 0 Å². The highest BCUT2D eigenvalue weighted by Gasteiger charge is 2.21. The van der Waals surface area contributed by atoms with Crippen molar-refractivity contribution in [2.45, 2.75) is 13.8 Å². The SMILES string of the molecule is Cc1cc(C)cc(N(CC(=O)N/N=C\c2ccc(-c3ccc([N+](=O)[O-])cc3)o2)S(C)(=O)=O)c1. The maximum absolute atomic E-state index is 12.3. The van der Waals surface area contributed by atoms with Gasteiger partial charge in [-0.15, -0.1) is 0 Å². The van der Waals surface area contributed by atoms with Crippen molar-refractivity contribution in [2.24, 2.45) is 5.10 Å². The molecule has 0 saturated heterocycles. The van der Waals surface area contributed by atoms with Crippen molar-refractivity contribution >= 4 is 33.5 Å². The summed E-state index contributed by atoms with van der Waals surface area (Å²) < 4.78 is 31.1. The smallest absolute Gasteiger partial charge is 0.269 e. The van der Waals surface area contributed by atoms with E-state index in [-0.39, 0.29) is 5.69 Å². The minimum atomic E-state index is -3.70. The lowest BCUT2D eigenvalue weighted by atomic mass is 10.1. The first kappa shape index (κ1) is 23.7. The van der Waals surface area contributed by atoms with Crippen LogP contribution in [0.4, 0.5) is 11.4 Å². The molecule has 0 aliphatic rings. The van der Waals surface area contributed by atoms with E-state index in [1.165, 1.54) is 18.3 Å². The molecular weight excluding hydrogens is 448 g/mol. The van der Waals surface area contributed by atoms with Crippen LogP contribution in [0.2, 0.25) is 0 Å². The zero-order chi connectivity index (χ0) is 24.2. The van der Waals surface area contributed by atoms with E-state index >= 15 is 0 Å². The predicted octanol–water partition coefficient (Wildman–Crippen LogP) is 3.39. The van der Waals surface area contributed by atoms with E-state index in [1.807, 2.05) is 19.9 Å². The largest absolute Gasteiger partial charge is 0.455 e. The molecule has 0 fully saturated rings. The van der Waals surface area contributed by atoms with Crippen molar-refractivity contribution in [3.8, 4) is 11.3 Å². The Kier molecular flexibility index (Phi) is 6.92. The molecule has 1 N–H and O–H groups in total. The minimum Gasteiger partial charge on any atom is -0.455 e. The highest BCUT2D eigenvalue weighted by atomic mass is 32.2. The number of hydrogen-bond acceptors (Lipinski definition) is 7. The van der Waals surface area contributed by atoms with Crippen LogP contribution in [-0.4, -0.2) is 38.3 Å². The average Bonchev–Trinajstić information content (AvgIpc) is 3.19. The maximum Gasteiger partial charge on any atom is 0.269 e. The second kappa shape index (κ2) is 9.65. The fraction of sp³-hybridized carbons (Fsp3) is 0.182. The van der Waals surface area contributed by atoms with Gasteiger partial charge in [0.15, 0.2) is 0 Å². The van der Waals surface area contributed by atoms with E-state index in [1.54, 1.807) is 36.4 Å². The molecule has 11 heteroatoms. The number of anilines is 1. The molecule has 0 aliphatic heterocycles. The summed E-state index contributed by atoms with van der Waals surface area (Å²) >= 11 is 0. The third kappa shape index (κ3) is 6.26. The van der Waals surface area contributed by atoms with Crippen molar-refractivity contribution in [1.29, 1.82) is 0 Å². The van der Waals surface area contributed by atoms with Gasteiger partial charge in [-0.3, -0.25) is 19.2 Å². The number of carbonyl (C=O) groups is 1. The molecule has 0 radical (unpaired) electrons. The summed E-state index contributed by atoms with van der Waals surface area (Å²) in [5, 5.41) is 14.6. The molecule has 0 atom stereocenters. The number of benzene rings is 2. The fourth-order valence-electron chi connectivity index (χ4n) is 3.15. The van der Waals surface area contributed by atoms with Gasteiger partial charge >= 0.3 is 0 Å². The van der Waals surface area contributed by atoms with Crippen molar-refractivity contribution in [1.82, 2.24) is 5.43 Å². The van der Waals surface area contributed by atoms with Crippen LogP contribution in [0, 0.1) is 24.0 Å². The fourth-order valence-corrected chi connectivity index (χ4v) is 3.99. The molecule has 3 aromatic rings. The number of nitrogens with one attached hydrogen (secondary N) is 1. The van der Waals surface area contributed by atoms with Gasteiger partial charge in [0.05, 0.1) is 23.1 Å². The molecule has 0 unspecified atom stereocenters. The normalized spacial score (nSPS) is 11.5. The van der Waals surface area contributed by atoms with E-state index in [0.29, 0.717) is 22.8 Å². The Hall–Kier alpha value is -3.99. The van der Waals surface area contributed by atoms with Crippen molar-refractivity contribution in [2.75, 3.05) is 17.1 Å². The second-order valence-corrected chi connectivity index (χ2v) is 9.32. The minimum absolute atomic E-state index is 0.0289. The number of hydrogen-bond donors (Lipinski definition) is 1. The van der Waals surface area contributed by atoms with Crippen LogP contribution in [0.25, 0.3) is 11.3 Å².